The summed E-state index contributed by atoms with van der Waals surface area (Å²) in [5.41, 5.74) is 0. The molecule has 1 aliphatic carbocycles. The molecule has 0 aromatic heterocycles. The minimum atomic E-state index is -0.854. The predicted octanol–water partition coefficient (Wildman–Crippen LogP) is 5.76. The van der Waals surface area contributed by atoms with Crippen molar-refractivity contribution in [1.29, 1.82) is 0 Å². The molecule has 3 fully saturated rings. The monoisotopic (exact) mass is 536 g/mol. The summed E-state index contributed by atoms with van der Waals surface area (Å²) in [7, 11) is 0. The van der Waals surface area contributed by atoms with Crippen molar-refractivity contribution in [1.82, 2.24) is 0 Å². The van der Waals surface area contributed by atoms with E-state index in [1.807, 2.05) is 0 Å². The third-order valence-corrected chi connectivity index (χ3v) is 7.82. The molecule has 1 saturated carbocycles. The van der Waals surface area contributed by atoms with Crippen LogP contribution in [-0.4, -0.2) is 60.6 Å². The molecule has 0 bridgehead atoms. The number of Topliss-reactive ketones (excluding diaryl/α,β-unsaturated/α-hetero) is 2. The van der Waals surface area contributed by atoms with Crippen molar-refractivity contribution in [2.75, 3.05) is 13.2 Å². The summed E-state index contributed by atoms with van der Waals surface area (Å²) in [4.78, 5) is 36.7. The molecule has 38 heavy (non-hydrogen) atoms. The van der Waals surface area contributed by atoms with Crippen molar-refractivity contribution in [3.63, 3.8) is 0 Å². The molecular formula is C30H48O8. The van der Waals surface area contributed by atoms with E-state index in [2.05, 4.69) is 19.1 Å². The number of hydrogen-bond donors (Lipinski definition) is 1. The Bertz CT molecular complexity index is 753. The van der Waals surface area contributed by atoms with Crippen LogP contribution in [0.5, 0.6) is 0 Å². The predicted molar refractivity (Wildman–Crippen MR) is 143 cm³/mol. The maximum atomic E-state index is 13.1. The Hall–Kier alpha value is -1.61. The van der Waals surface area contributed by atoms with Gasteiger partial charge in [-0.05, 0) is 57.8 Å². The number of ketones is 2. The van der Waals surface area contributed by atoms with E-state index in [1.54, 1.807) is 0 Å². The Morgan fingerprint density at radius 2 is 1.71 bits per heavy atom. The van der Waals surface area contributed by atoms with Crippen LogP contribution >= 0.6 is 0 Å². The number of ether oxygens (including phenoxy) is 4. The molecule has 2 aliphatic heterocycles. The number of rotatable bonds is 17. The Kier molecular flexibility index (Phi) is 14.0. The highest BCUT2D eigenvalue weighted by atomic mass is 16.7. The minimum Gasteiger partial charge on any atom is -0.481 e. The van der Waals surface area contributed by atoms with E-state index in [4.69, 9.17) is 24.1 Å². The standard InChI is InChI=1S/C30H48O8/c1-2-3-4-12-23(37-29-14-7-9-18-35-29)16-17-24-25(20-22(31)11-5-6-13-28(33)34)26(32)21-27(24)38-30-15-8-10-19-36-30/h16-17,23-25,27,29-30H,2-15,18-21H2,1H3,(H,33,34)/b17-16+/t23-,24-,25-,27-,29?,30?/m1/s1. The molecule has 2 heterocycles. The smallest absolute Gasteiger partial charge is 0.303 e. The molecule has 8 heteroatoms. The van der Waals surface area contributed by atoms with Gasteiger partial charge in [0.1, 0.15) is 11.6 Å². The van der Waals surface area contributed by atoms with Gasteiger partial charge in [0.2, 0.25) is 0 Å². The number of carboxylic acids is 1. The second-order valence-corrected chi connectivity index (χ2v) is 11.0. The Morgan fingerprint density at radius 1 is 1.00 bits per heavy atom. The molecule has 2 saturated heterocycles. The van der Waals surface area contributed by atoms with E-state index >= 15 is 0 Å². The van der Waals surface area contributed by atoms with E-state index in [9.17, 15) is 14.4 Å². The van der Waals surface area contributed by atoms with Crippen LogP contribution in [0.4, 0.5) is 0 Å². The van der Waals surface area contributed by atoms with Crippen LogP contribution in [0.15, 0.2) is 12.2 Å². The number of carboxylic acid groups (broad SMARTS) is 1. The van der Waals surface area contributed by atoms with Gasteiger partial charge in [0.15, 0.2) is 12.6 Å². The molecule has 3 aliphatic rings. The highest BCUT2D eigenvalue weighted by molar-refractivity contribution is 5.90. The molecule has 6 atom stereocenters. The highest BCUT2D eigenvalue weighted by Crippen LogP contribution is 2.37. The summed E-state index contributed by atoms with van der Waals surface area (Å²) >= 11 is 0. The molecule has 216 valence electrons. The van der Waals surface area contributed by atoms with Crippen LogP contribution in [-0.2, 0) is 33.3 Å². The lowest BCUT2D eigenvalue weighted by atomic mass is 9.87. The van der Waals surface area contributed by atoms with Crippen LogP contribution < -0.4 is 0 Å². The lowest BCUT2D eigenvalue weighted by Gasteiger charge is -2.29. The van der Waals surface area contributed by atoms with Gasteiger partial charge < -0.3 is 24.1 Å². The summed E-state index contributed by atoms with van der Waals surface area (Å²) in [5.74, 6) is -1.45. The number of hydrogen-bond acceptors (Lipinski definition) is 7. The first-order chi connectivity index (χ1) is 18.5. The molecule has 0 amide bonds. The molecule has 0 spiro atoms. The summed E-state index contributed by atoms with van der Waals surface area (Å²) in [6, 6.07) is 0. The van der Waals surface area contributed by atoms with E-state index in [1.165, 1.54) is 0 Å². The van der Waals surface area contributed by atoms with Crippen molar-refractivity contribution >= 4 is 17.5 Å². The molecular weight excluding hydrogens is 488 g/mol. The molecule has 0 aromatic carbocycles. The van der Waals surface area contributed by atoms with Crippen LogP contribution in [0.1, 0.15) is 110 Å². The van der Waals surface area contributed by atoms with Crippen molar-refractivity contribution in [2.24, 2.45) is 11.8 Å². The minimum absolute atomic E-state index is 0.00746. The van der Waals surface area contributed by atoms with E-state index in [0.717, 1.165) is 70.8 Å². The van der Waals surface area contributed by atoms with Gasteiger partial charge in [-0.3, -0.25) is 14.4 Å². The molecule has 0 aromatic rings. The third kappa shape index (κ3) is 10.9. The van der Waals surface area contributed by atoms with Crippen LogP contribution in [0.2, 0.25) is 0 Å². The average molecular weight is 537 g/mol. The van der Waals surface area contributed by atoms with Crippen molar-refractivity contribution in [3.05, 3.63) is 12.2 Å². The largest absolute Gasteiger partial charge is 0.481 e. The third-order valence-electron chi connectivity index (χ3n) is 7.82. The Morgan fingerprint density at radius 3 is 2.37 bits per heavy atom. The van der Waals surface area contributed by atoms with Gasteiger partial charge in [0.05, 0.1) is 12.2 Å². The maximum Gasteiger partial charge on any atom is 0.303 e. The van der Waals surface area contributed by atoms with E-state index in [-0.39, 0.29) is 61.5 Å². The summed E-state index contributed by atoms with van der Waals surface area (Å²) in [6.07, 6.45) is 15.1. The Labute approximate surface area is 227 Å². The molecule has 0 radical (unpaired) electrons. The zero-order valence-electron chi connectivity index (χ0n) is 23.2. The zero-order chi connectivity index (χ0) is 27.2. The quantitative estimate of drug-likeness (QED) is 0.185. The Balaban J connectivity index is 1.68. The molecule has 8 nitrogen and oxygen atoms in total. The lowest BCUT2D eigenvalue weighted by Crippen LogP contribution is -2.31. The van der Waals surface area contributed by atoms with Crippen LogP contribution in [0.3, 0.4) is 0 Å². The van der Waals surface area contributed by atoms with Crippen molar-refractivity contribution in [3.8, 4) is 0 Å². The summed E-state index contributed by atoms with van der Waals surface area (Å²) in [5, 5.41) is 8.84. The first-order valence-corrected chi connectivity index (χ1v) is 14.9. The summed E-state index contributed by atoms with van der Waals surface area (Å²) < 4.78 is 24.3. The number of carbonyl (C=O) groups is 3. The lowest BCUT2D eigenvalue weighted by molar-refractivity contribution is -0.192. The molecule has 2 unspecified atom stereocenters. The molecule has 3 rings (SSSR count). The van der Waals surface area contributed by atoms with Gasteiger partial charge in [-0.25, -0.2) is 0 Å². The van der Waals surface area contributed by atoms with Crippen LogP contribution in [0.25, 0.3) is 0 Å². The number of aliphatic carboxylic acids is 1. The maximum absolute atomic E-state index is 13.1. The fourth-order valence-corrected chi connectivity index (χ4v) is 5.64. The fraction of sp³-hybridized carbons (Fsp3) is 0.833. The molecule has 1 N–H and O–H groups in total. The second kappa shape index (κ2) is 17.2. The normalized spacial score (nSPS) is 29.1. The highest BCUT2D eigenvalue weighted by Gasteiger charge is 2.43. The van der Waals surface area contributed by atoms with Crippen molar-refractivity contribution in [2.45, 2.75) is 134 Å². The van der Waals surface area contributed by atoms with Gasteiger partial charge in [-0.2, -0.15) is 0 Å². The van der Waals surface area contributed by atoms with Gasteiger partial charge in [0, 0.05) is 50.7 Å². The van der Waals surface area contributed by atoms with E-state index < -0.39 is 11.9 Å². The van der Waals surface area contributed by atoms with E-state index in [0.29, 0.717) is 25.9 Å². The number of unbranched alkanes of at least 4 members (excludes halogenated alkanes) is 3. The van der Waals surface area contributed by atoms with Crippen LogP contribution in [0, 0.1) is 11.8 Å². The first-order valence-electron chi connectivity index (χ1n) is 14.9. The van der Waals surface area contributed by atoms with Crippen molar-refractivity contribution < 1.29 is 38.4 Å². The summed E-state index contributed by atoms with van der Waals surface area (Å²) in [6.45, 7) is 3.57. The second-order valence-electron chi connectivity index (χ2n) is 11.0. The van der Waals surface area contributed by atoms with Gasteiger partial charge >= 0.3 is 5.97 Å². The van der Waals surface area contributed by atoms with Gasteiger partial charge in [-0.1, -0.05) is 38.3 Å². The van der Waals surface area contributed by atoms with Gasteiger partial charge in [-0.15, -0.1) is 0 Å². The zero-order valence-corrected chi connectivity index (χ0v) is 23.2. The average Bonchev–Trinajstić information content (AvgIpc) is 3.19. The first kappa shape index (κ1) is 30.9. The number of carbonyl (C=O) groups excluding carboxylic acids is 2. The SMILES string of the molecule is CCCCC[C@H](/C=C/[C@H]1[C@H](OC2CCCCO2)CC(=O)[C@@H]1CC(=O)CCCCC(=O)O)OC1CCCCO1. The van der Waals surface area contributed by atoms with Gasteiger partial charge in [0.25, 0.3) is 0 Å². The topological polar surface area (TPSA) is 108 Å². The fourth-order valence-electron chi connectivity index (χ4n) is 5.64.